The lowest BCUT2D eigenvalue weighted by molar-refractivity contribution is 1.70. The predicted octanol–water partition coefficient (Wildman–Crippen LogP) is 12.1. The Balaban J connectivity index is 1.16. The van der Waals surface area contributed by atoms with E-state index in [-0.39, 0.29) is 0 Å². The van der Waals surface area contributed by atoms with Gasteiger partial charge in [0, 0.05) is 39.7 Å². The van der Waals surface area contributed by atoms with Gasteiger partial charge in [0.15, 0.2) is 0 Å². The molecular weight excluding hydrogens is 537 g/mol. The van der Waals surface area contributed by atoms with E-state index in [2.05, 4.69) is 121 Å². The maximum Gasteiger partial charge on any atom is 0.0542 e. The Labute approximate surface area is 236 Å². The van der Waals surface area contributed by atoms with Crippen molar-refractivity contribution in [2.75, 3.05) is 0 Å². The molecule has 4 aromatic carbocycles. The van der Waals surface area contributed by atoms with Crippen LogP contribution in [0.2, 0.25) is 0 Å². The number of hydrogen-bond donors (Lipinski definition) is 0. The third kappa shape index (κ3) is 3.76. The Morgan fingerprint density at radius 1 is 0.316 bits per heavy atom. The third-order valence-electron chi connectivity index (χ3n) is 6.98. The molecule has 4 heterocycles. The van der Waals surface area contributed by atoms with E-state index in [4.69, 9.17) is 0 Å². The first-order chi connectivity index (χ1) is 18.8. The van der Waals surface area contributed by atoms with Crippen LogP contribution >= 0.6 is 45.3 Å². The first kappa shape index (κ1) is 22.4. The fourth-order valence-electron chi connectivity index (χ4n) is 5.06. The maximum absolute atomic E-state index is 2.38. The Bertz CT molecular complexity index is 1920. The van der Waals surface area contributed by atoms with Crippen LogP contribution < -0.4 is 0 Å². The molecule has 0 radical (unpaired) electrons. The highest BCUT2D eigenvalue weighted by Crippen LogP contribution is 2.47. The average molecular weight is 557 g/mol. The number of fused-ring (bicyclic) bond motifs is 5. The molecule has 38 heavy (non-hydrogen) atoms. The Hall–Kier alpha value is -3.54. The molecule has 0 nitrogen and oxygen atoms in total. The van der Waals surface area contributed by atoms with E-state index in [0.717, 1.165) is 0 Å². The summed E-state index contributed by atoms with van der Waals surface area (Å²) in [6.45, 7) is 0. The van der Waals surface area contributed by atoms with Gasteiger partial charge in [0.05, 0.1) is 9.40 Å². The molecule has 0 aliphatic rings. The van der Waals surface area contributed by atoms with Gasteiger partial charge in [0.1, 0.15) is 0 Å². The molecule has 0 aliphatic carbocycles. The zero-order valence-corrected chi connectivity index (χ0v) is 23.4. The molecule has 0 atom stereocenters. The van der Waals surface area contributed by atoms with Crippen LogP contribution in [0.15, 0.2) is 121 Å². The second-order valence-electron chi connectivity index (χ2n) is 9.34. The van der Waals surface area contributed by atoms with E-state index in [1.54, 1.807) is 0 Å². The summed E-state index contributed by atoms with van der Waals surface area (Å²) in [6, 6.07) is 44.3. The maximum atomic E-state index is 2.38. The van der Waals surface area contributed by atoms with Crippen molar-refractivity contribution in [3.63, 3.8) is 0 Å². The van der Waals surface area contributed by atoms with Crippen molar-refractivity contribution >= 4 is 74.9 Å². The highest BCUT2D eigenvalue weighted by Gasteiger charge is 2.15. The molecule has 8 rings (SSSR count). The zero-order valence-electron chi connectivity index (χ0n) is 20.2. The molecule has 0 aliphatic heterocycles. The van der Waals surface area contributed by atoms with Gasteiger partial charge in [-0.25, -0.2) is 0 Å². The van der Waals surface area contributed by atoms with E-state index >= 15 is 0 Å². The van der Waals surface area contributed by atoms with Crippen LogP contribution in [0.1, 0.15) is 0 Å². The number of hydrogen-bond acceptors (Lipinski definition) is 4. The summed E-state index contributed by atoms with van der Waals surface area (Å²) >= 11 is 7.60. The first-order valence-electron chi connectivity index (χ1n) is 12.5. The summed E-state index contributed by atoms with van der Waals surface area (Å²) in [6.07, 6.45) is 0. The van der Waals surface area contributed by atoms with E-state index in [0.29, 0.717) is 0 Å². The van der Waals surface area contributed by atoms with E-state index in [9.17, 15) is 0 Å². The van der Waals surface area contributed by atoms with Crippen LogP contribution in [0, 0.1) is 0 Å². The molecule has 0 unspecified atom stereocenters. The van der Waals surface area contributed by atoms with Gasteiger partial charge in [0.2, 0.25) is 0 Å². The van der Waals surface area contributed by atoms with Crippen molar-refractivity contribution in [3.8, 4) is 41.8 Å². The molecule has 4 heteroatoms. The molecule has 0 saturated carbocycles. The number of benzene rings is 4. The summed E-state index contributed by atoms with van der Waals surface area (Å²) in [5.41, 5.74) is 5.17. The summed E-state index contributed by atoms with van der Waals surface area (Å²) in [5.74, 6) is 0. The van der Waals surface area contributed by atoms with Gasteiger partial charge < -0.3 is 0 Å². The van der Waals surface area contributed by atoms with Gasteiger partial charge in [-0.2, -0.15) is 0 Å². The lowest BCUT2D eigenvalue weighted by atomic mass is 10.1. The lowest BCUT2D eigenvalue weighted by Gasteiger charge is -2.00. The quantitative estimate of drug-likeness (QED) is 0.202. The summed E-state index contributed by atoms with van der Waals surface area (Å²) in [7, 11) is 0. The summed E-state index contributed by atoms with van der Waals surface area (Å²) in [5, 5.41) is 2.75. The highest BCUT2D eigenvalue weighted by molar-refractivity contribution is 7.36. The predicted molar refractivity (Wildman–Crippen MR) is 172 cm³/mol. The molecule has 0 amide bonds. The van der Waals surface area contributed by atoms with E-state index in [1.165, 1.54) is 71.3 Å². The van der Waals surface area contributed by atoms with Crippen molar-refractivity contribution in [1.29, 1.82) is 0 Å². The average Bonchev–Trinajstić information content (AvgIpc) is 3.77. The second-order valence-corrected chi connectivity index (χ2v) is 13.6. The molecular formula is C34H20S4. The SMILES string of the molecule is c1ccc(-c2ccc(-c3ccc4c(c3)sc3c5ccc(-c6ccc(-c7ccccc7)s6)cc5sc43)s2)cc1. The largest absolute Gasteiger partial charge is 0.135 e. The van der Waals surface area contributed by atoms with Crippen LogP contribution in [0.25, 0.3) is 71.3 Å². The van der Waals surface area contributed by atoms with Crippen molar-refractivity contribution < 1.29 is 0 Å². The smallest absolute Gasteiger partial charge is 0.0542 e. The fourth-order valence-corrected chi connectivity index (χ4v) is 9.81. The number of thiophene rings is 4. The second kappa shape index (κ2) is 9.04. The topological polar surface area (TPSA) is 0 Å². The van der Waals surface area contributed by atoms with E-state index < -0.39 is 0 Å². The van der Waals surface area contributed by atoms with Crippen LogP contribution in [-0.4, -0.2) is 0 Å². The minimum atomic E-state index is 1.28. The Morgan fingerprint density at radius 3 is 1.13 bits per heavy atom. The molecule has 4 aromatic heterocycles. The van der Waals surface area contributed by atoms with Gasteiger partial charge >= 0.3 is 0 Å². The van der Waals surface area contributed by atoms with Crippen molar-refractivity contribution in [2.24, 2.45) is 0 Å². The summed E-state index contributed by atoms with van der Waals surface area (Å²) < 4.78 is 5.57. The minimum Gasteiger partial charge on any atom is -0.135 e. The number of rotatable bonds is 4. The van der Waals surface area contributed by atoms with Crippen LogP contribution in [0.4, 0.5) is 0 Å². The molecule has 0 spiro atoms. The zero-order chi connectivity index (χ0) is 25.1. The molecule has 0 N–H and O–H groups in total. The first-order valence-corrected chi connectivity index (χ1v) is 15.8. The van der Waals surface area contributed by atoms with Crippen molar-refractivity contribution in [2.45, 2.75) is 0 Å². The normalized spacial score (nSPS) is 11.7. The van der Waals surface area contributed by atoms with Crippen molar-refractivity contribution in [3.05, 3.63) is 121 Å². The molecule has 0 bridgehead atoms. The Kier molecular flexibility index (Phi) is 5.34. The van der Waals surface area contributed by atoms with Crippen LogP contribution in [-0.2, 0) is 0 Å². The van der Waals surface area contributed by atoms with Crippen LogP contribution in [0.5, 0.6) is 0 Å². The van der Waals surface area contributed by atoms with Gasteiger partial charge in [0.25, 0.3) is 0 Å². The van der Waals surface area contributed by atoms with Crippen LogP contribution in [0.3, 0.4) is 0 Å². The molecule has 180 valence electrons. The highest BCUT2D eigenvalue weighted by atomic mass is 32.1. The minimum absolute atomic E-state index is 1.28. The Morgan fingerprint density at radius 2 is 0.711 bits per heavy atom. The monoisotopic (exact) mass is 556 g/mol. The van der Waals surface area contributed by atoms with Crippen molar-refractivity contribution in [1.82, 2.24) is 0 Å². The van der Waals surface area contributed by atoms with Gasteiger partial charge in [-0.3, -0.25) is 0 Å². The van der Waals surface area contributed by atoms with Gasteiger partial charge in [-0.1, -0.05) is 84.9 Å². The standard InChI is InChI=1S/C34H20S4/c1-3-7-21(8-4-1)27-15-17-29(35-27)23-11-13-25-31(19-23)37-34-26-14-12-24(20-32(26)38-33(25)34)30-18-16-28(36-30)22-9-5-2-6-10-22/h1-20H. The lowest BCUT2D eigenvalue weighted by Crippen LogP contribution is -1.71. The van der Waals surface area contributed by atoms with Gasteiger partial charge in [-0.05, 0) is 58.7 Å². The van der Waals surface area contributed by atoms with Gasteiger partial charge in [-0.15, -0.1) is 45.3 Å². The molecule has 8 aromatic rings. The van der Waals surface area contributed by atoms with E-state index in [1.807, 2.05) is 45.3 Å². The summed E-state index contributed by atoms with van der Waals surface area (Å²) in [4.78, 5) is 5.28. The third-order valence-corrected chi connectivity index (χ3v) is 11.8. The molecule has 0 fully saturated rings. The fraction of sp³-hybridized carbons (Fsp3) is 0. The molecule has 0 saturated heterocycles.